The van der Waals surface area contributed by atoms with Crippen molar-refractivity contribution in [2.24, 2.45) is 0 Å². The van der Waals surface area contributed by atoms with E-state index in [1.54, 1.807) is 0 Å². The molecule has 0 fully saturated rings. The van der Waals surface area contributed by atoms with E-state index < -0.39 is 54.4 Å². The molecule has 0 aromatic heterocycles. The van der Waals surface area contributed by atoms with Crippen molar-refractivity contribution >= 4 is 33.7 Å². The summed E-state index contributed by atoms with van der Waals surface area (Å²) in [6.07, 6.45) is 0. The van der Waals surface area contributed by atoms with E-state index >= 15 is 0 Å². The maximum absolute atomic E-state index is 8.62. The number of hydrogen-bond acceptors (Lipinski definition) is 12. The summed E-state index contributed by atoms with van der Waals surface area (Å²) in [5.74, 6) is 0. The molecule has 0 aromatic carbocycles. The third-order valence-electron chi connectivity index (χ3n) is 0. The van der Waals surface area contributed by atoms with Gasteiger partial charge in [0, 0.05) is 0 Å². The van der Waals surface area contributed by atoms with E-state index in [9.17, 15) is 0 Å². The van der Waals surface area contributed by atoms with E-state index in [1.807, 2.05) is 0 Å². The normalized spacial score (nSPS) is 9.47. The van der Waals surface area contributed by atoms with Gasteiger partial charge in [-0.1, -0.05) is 0 Å². The summed E-state index contributed by atoms with van der Waals surface area (Å²) < 4.78 is 104. The standard InChI is InChI=1S/4B.12O.3Ti/q4*+3;12*-1;;;. The Kier molecular flexibility index (Phi) is 40.5. The van der Waals surface area contributed by atoms with Crippen molar-refractivity contribution in [3.63, 3.8) is 0 Å². The molecule has 12 nitrogen and oxygen atoms in total. The van der Waals surface area contributed by atoms with Crippen LogP contribution < -0.4 is 44.3 Å². The Balaban J connectivity index is -0.0000000206. The van der Waals surface area contributed by atoms with Gasteiger partial charge in [-0.3, -0.25) is 0 Å². The van der Waals surface area contributed by atoms with Crippen LogP contribution in [0.5, 0.6) is 0 Å². The molecular weight excluding hydrogens is 379 g/mol. The molecule has 0 saturated heterocycles. The van der Waals surface area contributed by atoms with Crippen LogP contribution in [-0.2, 0) is 54.4 Å². The second kappa shape index (κ2) is 18.0. The van der Waals surface area contributed by atoms with E-state index in [2.05, 4.69) is 0 Å². The molecule has 0 rings (SSSR count). The van der Waals surface area contributed by atoms with Gasteiger partial charge in [-0.05, 0) is 0 Å². The zero-order chi connectivity index (χ0) is 13.5. The van der Waals surface area contributed by atoms with Gasteiger partial charge in [0.05, 0.1) is 0 Å². The van der Waals surface area contributed by atoms with E-state index in [0.29, 0.717) is 0 Å². The van der Waals surface area contributed by atoms with Crippen molar-refractivity contribution in [2.45, 2.75) is 0 Å². The average Bonchev–Trinajstić information content (AvgIpc) is 1.41. The topological polar surface area (TPSA) is 277 Å². The van der Waals surface area contributed by atoms with Crippen molar-refractivity contribution in [1.82, 2.24) is 0 Å². The molecule has 0 bridgehead atoms. The second-order valence-corrected chi connectivity index (χ2v) is 6.18. The Morgan fingerprint density at radius 2 is 0.263 bits per heavy atom. The number of rotatable bonds is 0. The van der Waals surface area contributed by atoms with Crippen LogP contribution in [0.4, 0.5) is 0 Å². The molecular formula is B4O12Ti3. The quantitative estimate of drug-likeness (QED) is 0.355. The molecule has 0 saturated carbocycles. The predicted molar refractivity (Wildman–Crippen MR) is 23.0 cm³/mol. The van der Waals surface area contributed by atoms with Crippen LogP contribution in [0.25, 0.3) is 0 Å². The minimum atomic E-state index is -6.00. The third kappa shape index (κ3) is 1730. The first kappa shape index (κ1) is 42.8. The molecule has 0 radical (unpaired) electrons. The fourth-order valence-electron chi connectivity index (χ4n) is 0. The zero-order valence-electron chi connectivity index (χ0n) is 8.71. The molecule has 96 valence electrons. The first-order valence-electron chi connectivity index (χ1n) is 2.45. The van der Waals surface area contributed by atoms with E-state index in [0.717, 1.165) is 0 Å². The van der Waals surface area contributed by atoms with Crippen molar-refractivity contribution in [3.05, 3.63) is 0 Å². The van der Waals surface area contributed by atoms with Crippen molar-refractivity contribution in [2.75, 3.05) is 0 Å². The van der Waals surface area contributed by atoms with E-state index in [4.69, 9.17) is 44.3 Å². The van der Waals surface area contributed by atoms with Gasteiger partial charge in [-0.25, -0.2) is 0 Å². The Morgan fingerprint density at radius 1 is 0.263 bits per heavy atom. The predicted octanol–water partition coefficient (Wildman–Crippen LogP) is -15.8. The first-order chi connectivity index (χ1) is 6.00. The molecule has 0 aromatic rings. The average molecular weight is 379 g/mol. The summed E-state index contributed by atoms with van der Waals surface area (Å²) in [4.78, 5) is 0. The Labute approximate surface area is 131 Å². The van der Waals surface area contributed by atoms with Gasteiger partial charge in [0.25, 0.3) is 0 Å². The van der Waals surface area contributed by atoms with Crippen molar-refractivity contribution in [3.8, 4) is 0 Å². The maximum atomic E-state index is 8.62. The SMILES string of the molecule is [B+3].[B+3].[B+3].[B+3].[O-][Ti]([O-])([O-])[O-].[O-][Ti]([O-])([O-])[O-].[O-][Ti]([O-])([O-])[O-]. The molecule has 0 unspecified atom stereocenters. The molecule has 0 aliphatic rings. The summed E-state index contributed by atoms with van der Waals surface area (Å²) in [6.45, 7) is 0. The molecule has 0 spiro atoms. The summed E-state index contributed by atoms with van der Waals surface area (Å²) in [5, 5.41) is 0. The summed E-state index contributed by atoms with van der Waals surface area (Å²) in [7, 11) is 0. The van der Waals surface area contributed by atoms with Crippen LogP contribution >= 0.6 is 0 Å². The Hall–Kier alpha value is 1.92. The van der Waals surface area contributed by atoms with Crippen LogP contribution in [0.15, 0.2) is 0 Å². The fraction of sp³-hybridized carbons (Fsp3) is 0. The van der Waals surface area contributed by atoms with Crippen LogP contribution in [0, 0.1) is 0 Å². The molecule has 0 aliphatic heterocycles. The molecule has 0 amide bonds. The Bertz CT molecular complexity index is 100.0. The van der Waals surface area contributed by atoms with Gasteiger partial charge >= 0.3 is 132 Å². The van der Waals surface area contributed by atoms with Crippen molar-refractivity contribution in [1.29, 1.82) is 0 Å². The van der Waals surface area contributed by atoms with Crippen LogP contribution in [0.2, 0.25) is 0 Å². The molecule has 0 N–H and O–H groups in total. The molecule has 0 aliphatic carbocycles. The van der Waals surface area contributed by atoms with Crippen LogP contribution in [0.3, 0.4) is 0 Å². The third-order valence-corrected chi connectivity index (χ3v) is 0. The fourth-order valence-corrected chi connectivity index (χ4v) is 0. The molecule has 0 atom stereocenters. The van der Waals surface area contributed by atoms with E-state index in [1.165, 1.54) is 0 Å². The second-order valence-electron chi connectivity index (χ2n) is 1.50. The summed E-state index contributed by atoms with van der Waals surface area (Å²) in [5.41, 5.74) is 0. The van der Waals surface area contributed by atoms with Crippen molar-refractivity contribution < 1.29 is 98.7 Å². The van der Waals surface area contributed by atoms with Crippen LogP contribution in [-0.4, -0.2) is 33.7 Å². The van der Waals surface area contributed by atoms with Crippen LogP contribution in [0.1, 0.15) is 0 Å². The van der Waals surface area contributed by atoms with Gasteiger partial charge < -0.3 is 0 Å². The molecule has 0 heterocycles. The van der Waals surface area contributed by atoms with Gasteiger partial charge in [0.15, 0.2) is 0 Å². The molecule has 19 heteroatoms. The van der Waals surface area contributed by atoms with Gasteiger partial charge in [0.1, 0.15) is 0 Å². The number of hydrogen-bond donors (Lipinski definition) is 0. The monoisotopic (exact) mass is 380 g/mol. The first-order valence-corrected chi connectivity index (χ1v) is 10.1. The van der Waals surface area contributed by atoms with E-state index in [-0.39, 0.29) is 33.7 Å². The summed E-state index contributed by atoms with van der Waals surface area (Å²) in [6, 6.07) is 0. The van der Waals surface area contributed by atoms with Gasteiger partial charge in [-0.2, -0.15) is 0 Å². The zero-order valence-corrected chi connectivity index (χ0v) is 13.4. The Morgan fingerprint density at radius 3 is 0.263 bits per heavy atom. The summed E-state index contributed by atoms with van der Waals surface area (Å²) >= 11 is -18.0. The molecule has 19 heavy (non-hydrogen) atoms. The van der Waals surface area contributed by atoms with Gasteiger partial charge in [-0.15, -0.1) is 0 Å². The van der Waals surface area contributed by atoms with Gasteiger partial charge in [0.2, 0.25) is 0 Å². The minimum absolute atomic E-state index is 0.